The van der Waals surface area contributed by atoms with Crippen molar-refractivity contribution >= 4 is 0 Å². The summed E-state index contributed by atoms with van der Waals surface area (Å²) in [5.74, 6) is -0.482. The smallest absolute Gasteiger partial charge is 0.495 e. The number of halogens is 3. The molecule has 1 heterocycles. The first kappa shape index (κ1) is 14.1. The zero-order valence-electron chi connectivity index (χ0n) is 9.41. The quantitative estimate of drug-likeness (QED) is 0.888. The van der Waals surface area contributed by atoms with Crippen molar-refractivity contribution in [1.29, 1.82) is 5.26 Å². The maximum Gasteiger partial charge on any atom is 0.573 e. The maximum atomic E-state index is 12.3. The minimum absolute atomic E-state index is 0.0232. The Hall–Kier alpha value is -2.01. The maximum absolute atomic E-state index is 12.3. The molecule has 1 aromatic rings. The Morgan fingerprint density at radius 3 is 2.61 bits per heavy atom. The van der Waals surface area contributed by atoms with Crippen LogP contribution in [0.25, 0.3) is 0 Å². The summed E-state index contributed by atoms with van der Waals surface area (Å²) < 4.78 is 45.6. The number of aromatic nitrogens is 1. The van der Waals surface area contributed by atoms with Crippen LogP contribution in [0, 0.1) is 11.3 Å². The molecular weight excluding hydrogens is 251 g/mol. The van der Waals surface area contributed by atoms with Gasteiger partial charge in [0.25, 0.3) is 0 Å². The molecule has 2 N–H and O–H groups in total. The molecule has 1 aromatic heterocycles. The van der Waals surface area contributed by atoms with Crippen LogP contribution in [0.15, 0.2) is 6.20 Å². The molecule has 0 atom stereocenters. The first-order valence-corrected chi connectivity index (χ1v) is 4.80. The normalized spacial score (nSPS) is 10.9. The highest BCUT2D eigenvalue weighted by atomic mass is 19.4. The van der Waals surface area contributed by atoms with Gasteiger partial charge in [-0.1, -0.05) is 0 Å². The van der Waals surface area contributed by atoms with Gasteiger partial charge in [-0.25, -0.2) is 0 Å². The summed E-state index contributed by atoms with van der Waals surface area (Å²) >= 11 is 0. The summed E-state index contributed by atoms with van der Waals surface area (Å²) in [5, 5.41) is 8.54. The monoisotopic (exact) mass is 261 g/mol. The van der Waals surface area contributed by atoms with Gasteiger partial charge in [-0.15, -0.1) is 13.2 Å². The van der Waals surface area contributed by atoms with Crippen molar-refractivity contribution in [2.24, 2.45) is 5.73 Å². The van der Waals surface area contributed by atoms with E-state index in [-0.39, 0.29) is 30.0 Å². The van der Waals surface area contributed by atoms with Gasteiger partial charge in [-0.05, 0) is 0 Å². The molecule has 0 amide bonds. The van der Waals surface area contributed by atoms with Gasteiger partial charge in [0.2, 0.25) is 0 Å². The van der Waals surface area contributed by atoms with Gasteiger partial charge in [0.1, 0.15) is 5.75 Å². The van der Waals surface area contributed by atoms with Crippen molar-refractivity contribution < 1.29 is 22.6 Å². The van der Waals surface area contributed by atoms with E-state index in [2.05, 4.69) is 9.72 Å². The van der Waals surface area contributed by atoms with Gasteiger partial charge < -0.3 is 15.2 Å². The van der Waals surface area contributed by atoms with Crippen LogP contribution in [0.2, 0.25) is 0 Å². The van der Waals surface area contributed by atoms with Crippen molar-refractivity contribution in [2.75, 3.05) is 7.11 Å². The summed E-state index contributed by atoms with van der Waals surface area (Å²) in [4.78, 5) is 3.70. The molecule has 98 valence electrons. The molecule has 0 spiro atoms. The number of alkyl halides is 3. The number of nitrogens with two attached hydrogens (primary N) is 1. The molecule has 0 radical (unpaired) electrons. The fourth-order valence-electron chi connectivity index (χ4n) is 1.37. The van der Waals surface area contributed by atoms with Gasteiger partial charge in [-0.2, -0.15) is 5.26 Å². The van der Waals surface area contributed by atoms with Crippen LogP contribution >= 0.6 is 0 Å². The summed E-state index contributed by atoms with van der Waals surface area (Å²) in [6, 6.07) is 1.71. The van der Waals surface area contributed by atoms with Crippen LogP contribution in [0.3, 0.4) is 0 Å². The highest BCUT2D eigenvalue weighted by Crippen LogP contribution is 2.34. The molecule has 0 aliphatic heterocycles. The molecular formula is C10H10F3N3O2. The lowest BCUT2D eigenvalue weighted by Crippen LogP contribution is -2.20. The second kappa shape index (κ2) is 5.55. The average molecular weight is 261 g/mol. The van der Waals surface area contributed by atoms with Crippen molar-refractivity contribution in [3.63, 3.8) is 0 Å². The van der Waals surface area contributed by atoms with Gasteiger partial charge >= 0.3 is 6.36 Å². The van der Waals surface area contributed by atoms with E-state index in [1.165, 1.54) is 13.3 Å². The Labute approximate surface area is 101 Å². The lowest BCUT2D eigenvalue weighted by Gasteiger charge is -2.16. The molecule has 1 rings (SSSR count). The number of ether oxygens (including phenoxy) is 2. The fraction of sp³-hybridized carbons (Fsp3) is 0.400. The van der Waals surface area contributed by atoms with Crippen molar-refractivity contribution in [2.45, 2.75) is 19.3 Å². The first-order chi connectivity index (χ1) is 8.42. The summed E-state index contributed by atoms with van der Waals surface area (Å²) in [6.45, 7) is -0.227. The summed E-state index contributed by atoms with van der Waals surface area (Å²) in [7, 11) is 1.28. The van der Waals surface area contributed by atoms with E-state index in [1.54, 1.807) is 6.07 Å². The summed E-state index contributed by atoms with van der Waals surface area (Å²) in [5.41, 5.74) is 5.27. The standard InChI is InChI=1S/C10H10F3N3O2/c1-17-8-5-16-7(2-3-14)9(6(8)4-15)18-10(11,12)13/h5H,2,4,15H2,1H3. The molecule has 0 aliphatic rings. The van der Waals surface area contributed by atoms with E-state index < -0.39 is 12.1 Å². The SMILES string of the molecule is COc1cnc(CC#N)c(OC(F)(F)F)c1CN. The second-order valence-corrected chi connectivity index (χ2v) is 3.17. The Morgan fingerprint density at radius 2 is 2.17 bits per heavy atom. The van der Waals surface area contributed by atoms with E-state index in [0.717, 1.165) is 0 Å². The molecule has 18 heavy (non-hydrogen) atoms. The molecule has 0 saturated heterocycles. The number of hydrogen-bond donors (Lipinski definition) is 1. The average Bonchev–Trinajstić information content (AvgIpc) is 2.29. The third-order valence-corrected chi connectivity index (χ3v) is 2.06. The predicted octanol–water partition coefficient (Wildman–Crippen LogP) is 1.51. The molecule has 0 aromatic carbocycles. The Morgan fingerprint density at radius 1 is 1.50 bits per heavy atom. The minimum Gasteiger partial charge on any atom is -0.495 e. The number of methoxy groups -OCH3 is 1. The second-order valence-electron chi connectivity index (χ2n) is 3.17. The highest BCUT2D eigenvalue weighted by Gasteiger charge is 2.34. The van der Waals surface area contributed by atoms with E-state index in [1.807, 2.05) is 0 Å². The molecule has 0 bridgehead atoms. The fourth-order valence-corrected chi connectivity index (χ4v) is 1.37. The van der Waals surface area contributed by atoms with E-state index in [0.29, 0.717) is 0 Å². The largest absolute Gasteiger partial charge is 0.573 e. The zero-order chi connectivity index (χ0) is 13.8. The van der Waals surface area contributed by atoms with E-state index in [4.69, 9.17) is 15.7 Å². The van der Waals surface area contributed by atoms with Crippen LogP contribution < -0.4 is 15.2 Å². The van der Waals surface area contributed by atoms with Crippen molar-refractivity contribution in [3.8, 4) is 17.6 Å². The Balaban J connectivity index is 3.34. The molecule has 8 heteroatoms. The van der Waals surface area contributed by atoms with E-state index >= 15 is 0 Å². The molecule has 0 unspecified atom stereocenters. The minimum atomic E-state index is -4.89. The van der Waals surface area contributed by atoms with Gasteiger partial charge in [0, 0.05) is 6.54 Å². The molecule has 0 saturated carbocycles. The van der Waals surface area contributed by atoms with E-state index in [9.17, 15) is 13.2 Å². The lowest BCUT2D eigenvalue weighted by molar-refractivity contribution is -0.275. The van der Waals surface area contributed by atoms with Gasteiger partial charge in [-0.3, -0.25) is 4.98 Å². The topological polar surface area (TPSA) is 81.2 Å². The van der Waals surface area contributed by atoms with Crippen molar-refractivity contribution in [1.82, 2.24) is 4.98 Å². The first-order valence-electron chi connectivity index (χ1n) is 4.80. The highest BCUT2D eigenvalue weighted by molar-refractivity contribution is 5.47. The number of nitrogens with zero attached hydrogens (tertiary/aromatic N) is 2. The van der Waals surface area contributed by atoms with Crippen LogP contribution in [0.4, 0.5) is 13.2 Å². The third-order valence-electron chi connectivity index (χ3n) is 2.06. The van der Waals surface area contributed by atoms with Crippen LogP contribution in [-0.2, 0) is 13.0 Å². The molecule has 0 fully saturated rings. The number of hydrogen-bond acceptors (Lipinski definition) is 5. The molecule has 0 aliphatic carbocycles. The van der Waals surface area contributed by atoms with Gasteiger partial charge in [0.05, 0.1) is 37.1 Å². The third kappa shape index (κ3) is 3.24. The Bertz CT molecular complexity index is 469. The van der Waals surface area contributed by atoms with Crippen LogP contribution in [0.5, 0.6) is 11.5 Å². The zero-order valence-corrected chi connectivity index (χ0v) is 9.41. The van der Waals surface area contributed by atoms with Gasteiger partial charge in [0.15, 0.2) is 5.75 Å². The Kier molecular flexibility index (Phi) is 4.33. The predicted molar refractivity (Wildman–Crippen MR) is 54.7 cm³/mol. The van der Waals surface area contributed by atoms with Crippen LogP contribution in [-0.4, -0.2) is 18.5 Å². The number of pyridine rings is 1. The lowest BCUT2D eigenvalue weighted by atomic mass is 10.1. The number of nitriles is 1. The van der Waals surface area contributed by atoms with Crippen LogP contribution in [0.1, 0.15) is 11.3 Å². The van der Waals surface area contributed by atoms with Crippen molar-refractivity contribution in [3.05, 3.63) is 17.5 Å². The summed E-state index contributed by atoms with van der Waals surface area (Å²) in [6.07, 6.45) is -4.00. The number of rotatable bonds is 4. The molecule has 5 nitrogen and oxygen atoms in total.